The number of ketones is 1. The summed E-state index contributed by atoms with van der Waals surface area (Å²) in [6.45, 7) is 6.81. The molecule has 0 radical (unpaired) electrons. The maximum atomic E-state index is 13.1. The Kier molecular flexibility index (Phi) is 3.15. The van der Waals surface area contributed by atoms with Crippen LogP contribution in [0.3, 0.4) is 0 Å². The zero-order valence-corrected chi connectivity index (χ0v) is 14.8. The first-order chi connectivity index (χ1) is 11.3. The molecule has 2 atom stereocenters. The van der Waals surface area contributed by atoms with Gasteiger partial charge in [0.15, 0.2) is 5.78 Å². The van der Waals surface area contributed by atoms with Gasteiger partial charge in [0.05, 0.1) is 17.0 Å². The van der Waals surface area contributed by atoms with Gasteiger partial charge in [-0.25, -0.2) is 0 Å². The maximum Gasteiger partial charge on any atom is 0.167 e. The molecule has 0 saturated heterocycles. The number of allylic oxidation sites excluding steroid dienone is 2. The van der Waals surface area contributed by atoms with Crippen molar-refractivity contribution in [2.75, 3.05) is 0 Å². The van der Waals surface area contributed by atoms with Crippen LogP contribution in [0.4, 0.5) is 0 Å². The second-order valence-electron chi connectivity index (χ2n) is 8.12. The van der Waals surface area contributed by atoms with E-state index in [0.717, 1.165) is 28.9 Å². The highest BCUT2D eigenvalue weighted by atomic mass is 16.1. The lowest BCUT2D eigenvalue weighted by Gasteiger charge is -2.49. The van der Waals surface area contributed by atoms with E-state index < -0.39 is 0 Å². The van der Waals surface area contributed by atoms with Crippen molar-refractivity contribution < 1.29 is 4.79 Å². The molecule has 2 aliphatic rings. The fourth-order valence-corrected chi connectivity index (χ4v) is 4.79. The van der Waals surface area contributed by atoms with Crippen LogP contribution in [0.1, 0.15) is 49.7 Å². The van der Waals surface area contributed by atoms with Crippen LogP contribution in [0.15, 0.2) is 42.5 Å². The highest BCUT2D eigenvalue weighted by Gasteiger charge is 2.52. The van der Waals surface area contributed by atoms with Gasteiger partial charge in [0.2, 0.25) is 0 Å². The van der Waals surface area contributed by atoms with Crippen LogP contribution < -0.4 is 0 Å². The number of Topliss-reactive ketones (excluding diaryl/α,β-unsaturated/α-hetero) is 1. The molecule has 0 fully saturated rings. The van der Waals surface area contributed by atoms with E-state index in [1.807, 2.05) is 29.9 Å². The van der Waals surface area contributed by atoms with Crippen LogP contribution >= 0.6 is 0 Å². The van der Waals surface area contributed by atoms with E-state index in [0.29, 0.717) is 12.3 Å². The fraction of sp³-hybridized carbons (Fsp3) is 0.429. The predicted octanol–water partition coefficient (Wildman–Crippen LogP) is 4.53. The summed E-state index contributed by atoms with van der Waals surface area (Å²) in [6, 6.07) is 10.1. The Morgan fingerprint density at radius 1 is 1.17 bits per heavy atom. The Morgan fingerprint density at radius 3 is 2.58 bits per heavy atom. The summed E-state index contributed by atoms with van der Waals surface area (Å²) in [6.07, 6.45) is 6.18. The highest BCUT2D eigenvalue weighted by Crippen LogP contribution is 2.54. The van der Waals surface area contributed by atoms with Crippen molar-refractivity contribution in [2.24, 2.45) is 18.4 Å². The number of aryl methyl sites for hydroxylation is 1. The summed E-state index contributed by atoms with van der Waals surface area (Å²) in [4.78, 5) is 13.1. The minimum Gasteiger partial charge on any atom is -0.294 e. The lowest BCUT2D eigenvalue weighted by Crippen LogP contribution is -2.47. The van der Waals surface area contributed by atoms with E-state index in [1.165, 1.54) is 0 Å². The second kappa shape index (κ2) is 4.92. The van der Waals surface area contributed by atoms with Crippen molar-refractivity contribution in [3.8, 4) is 11.3 Å². The summed E-state index contributed by atoms with van der Waals surface area (Å²) in [5, 5.41) is 4.84. The molecule has 1 heterocycles. The van der Waals surface area contributed by atoms with Gasteiger partial charge in [0.1, 0.15) is 0 Å². The molecule has 3 nitrogen and oxygen atoms in total. The first-order valence-electron chi connectivity index (χ1n) is 8.68. The van der Waals surface area contributed by atoms with Gasteiger partial charge in [0, 0.05) is 24.4 Å². The number of benzene rings is 1. The van der Waals surface area contributed by atoms with Gasteiger partial charge >= 0.3 is 0 Å². The van der Waals surface area contributed by atoms with Gasteiger partial charge in [-0.3, -0.25) is 9.48 Å². The predicted molar refractivity (Wildman–Crippen MR) is 96.0 cm³/mol. The topological polar surface area (TPSA) is 34.9 Å². The van der Waals surface area contributed by atoms with Crippen molar-refractivity contribution in [2.45, 2.75) is 39.0 Å². The SMILES string of the molecule is Cn1nc2c(c1-c1ccccc1)C(=O)C[C@H]1C(C)(C)CC=C[C@]21C. The number of hydrogen-bond acceptors (Lipinski definition) is 2. The summed E-state index contributed by atoms with van der Waals surface area (Å²) >= 11 is 0. The number of carbonyl (C=O) groups is 1. The lowest BCUT2D eigenvalue weighted by atomic mass is 9.54. The molecule has 2 aliphatic carbocycles. The monoisotopic (exact) mass is 320 g/mol. The van der Waals surface area contributed by atoms with Crippen molar-refractivity contribution in [1.29, 1.82) is 0 Å². The third kappa shape index (κ3) is 1.97. The van der Waals surface area contributed by atoms with Crippen molar-refractivity contribution in [3.05, 3.63) is 53.7 Å². The standard InChI is InChI=1S/C21H24N2O/c1-20(2)11-8-12-21(3)16(20)13-15(24)17-18(23(4)22-19(17)21)14-9-6-5-7-10-14/h5-10,12,16H,11,13H2,1-4H3/t16-,21-/m0/s1. The molecule has 1 aromatic carbocycles. The molecule has 24 heavy (non-hydrogen) atoms. The van der Waals surface area contributed by atoms with Gasteiger partial charge in [-0.2, -0.15) is 5.10 Å². The number of hydrogen-bond donors (Lipinski definition) is 0. The third-order valence-electron chi connectivity index (χ3n) is 6.05. The van der Waals surface area contributed by atoms with E-state index in [9.17, 15) is 4.79 Å². The lowest BCUT2D eigenvalue weighted by molar-refractivity contribution is 0.0738. The van der Waals surface area contributed by atoms with E-state index >= 15 is 0 Å². The Bertz CT molecular complexity index is 844. The second-order valence-corrected chi connectivity index (χ2v) is 8.12. The average Bonchev–Trinajstić information content (AvgIpc) is 2.89. The largest absolute Gasteiger partial charge is 0.294 e. The normalized spacial score (nSPS) is 27.7. The average molecular weight is 320 g/mol. The molecule has 0 spiro atoms. The number of nitrogens with zero attached hydrogens (tertiary/aromatic N) is 2. The van der Waals surface area contributed by atoms with Gasteiger partial charge < -0.3 is 0 Å². The zero-order valence-electron chi connectivity index (χ0n) is 14.8. The molecule has 2 aromatic rings. The molecule has 0 N–H and O–H groups in total. The zero-order chi connectivity index (χ0) is 17.1. The molecule has 124 valence electrons. The minimum atomic E-state index is -0.171. The number of fused-ring (bicyclic) bond motifs is 3. The third-order valence-corrected chi connectivity index (χ3v) is 6.05. The summed E-state index contributed by atoms with van der Waals surface area (Å²) < 4.78 is 1.89. The Labute approximate surface area is 143 Å². The van der Waals surface area contributed by atoms with Crippen molar-refractivity contribution in [3.63, 3.8) is 0 Å². The molecule has 4 rings (SSSR count). The van der Waals surface area contributed by atoms with E-state index in [4.69, 9.17) is 5.10 Å². The molecule has 3 heteroatoms. The van der Waals surface area contributed by atoms with Crippen LogP contribution in [0.25, 0.3) is 11.3 Å². The van der Waals surface area contributed by atoms with Gasteiger partial charge in [-0.15, -0.1) is 0 Å². The minimum absolute atomic E-state index is 0.112. The number of aromatic nitrogens is 2. The molecule has 0 amide bonds. The first kappa shape index (κ1) is 15.4. The van der Waals surface area contributed by atoms with Crippen LogP contribution in [0.5, 0.6) is 0 Å². The van der Waals surface area contributed by atoms with Crippen LogP contribution in [0, 0.1) is 11.3 Å². The van der Waals surface area contributed by atoms with Gasteiger partial charge in [0.25, 0.3) is 0 Å². The van der Waals surface area contributed by atoms with Crippen LogP contribution in [-0.4, -0.2) is 15.6 Å². The Hall–Kier alpha value is -2.16. The maximum absolute atomic E-state index is 13.1. The molecule has 0 bridgehead atoms. The van der Waals surface area contributed by atoms with Gasteiger partial charge in [-0.05, 0) is 17.8 Å². The molecular weight excluding hydrogens is 296 g/mol. The molecule has 0 unspecified atom stereocenters. The number of carbonyl (C=O) groups excluding carboxylic acids is 1. The summed E-state index contributed by atoms with van der Waals surface area (Å²) in [5.41, 5.74) is 3.73. The quantitative estimate of drug-likeness (QED) is 0.723. The molecule has 0 saturated carbocycles. The summed E-state index contributed by atoms with van der Waals surface area (Å²) in [7, 11) is 1.95. The van der Waals surface area contributed by atoms with Crippen LogP contribution in [0.2, 0.25) is 0 Å². The van der Waals surface area contributed by atoms with Gasteiger partial charge in [-0.1, -0.05) is 63.3 Å². The van der Waals surface area contributed by atoms with E-state index in [-0.39, 0.29) is 16.6 Å². The van der Waals surface area contributed by atoms with Crippen molar-refractivity contribution in [1.82, 2.24) is 9.78 Å². The fourth-order valence-electron chi connectivity index (χ4n) is 4.79. The number of rotatable bonds is 1. The smallest absolute Gasteiger partial charge is 0.167 e. The Morgan fingerprint density at radius 2 is 1.88 bits per heavy atom. The van der Waals surface area contributed by atoms with Crippen molar-refractivity contribution >= 4 is 5.78 Å². The highest BCUT2D eigenvalue weighted by molar-refractivity contribution is 6.04. The molecule has 1 aromatic heterocycles. The summed E-state index contributed by atoms with van der Waals surface area (Å²) in [5.74, 6) is 0.538. The van der Waals surface area contributed by atoms with E-state index in [1.54, 1.807) is 0 Å². The van der Waals surface area contributed by atoms with Crippen LogP contribution in [-0.2, 0) is 12.5 Å². The molecule has 0 aliphatic heterocycles. The van der Waals surface area contributed by atoms with E-state index in [2.05, 4.69) is 45.1 Å². The first-order valence-corrected chi connectivity index (χ1v) is 8.68. The Balaban J connectivity index is 1.98. The molecular formula is C21H24N2O.